The van der Waals surface area contributed by atoms with Gasteiger partial charge >= 0.3 is 29.6 Å². The number of halogens is 2. The van der Waals surface area contributed by atoms with Crippen LogP contribution in [0.3, 0.4) is 0 Å². The molecule has 11 heteroatoms. The van der Waals surface area contributed by atoms with Crippen LogP contribution in [0.15, 0.2) is 30.3 Å². The number of aromatic amines is 1. The van der Waals surface area contributed by atoms with Crippen LogP contribution in [-0.4, -0.2) is 53.3 Å². The molecule has 5 atom stereocenters. The van der Waals surface area contributed by atoms with Crippen LogP contribution in [0.25, 0.3) is 10.9 Å². The second-order valence-corrected chi connectivity index (χ2v) is 7.16. The number of benzene rings is 1. The predicted octanol–water partition coefficient (Wildman–Crippen LogP) is -4.16. The van der Waals surface area contributed by atoms with E-state index in [1.165, 1.54) is 6.07 Å². The number of carbonyl (C=O) groups excluding carboxylic acids is 1. The first-order valence-corrected chi connectivity index (χ1v) is 7.89. The van der Waals surface area contributed by atoms with Gasteiger partial charge in [-0.05, 0) is 33.4 Å². The van der Waals surface area contributed by atoms with E-state index >= 15 is 0 Å². The fourth-order valence-electron chi connectivity index (χ4n) is 2.76. The van der Waals surface area contributed by atoms with Gasteiger partial charge in [0.25, 0.3) is 0 Å². The molecule has 0 amide bonds. The molecule has 5 N–H and O–H groups in total. The third-order valence-corrected chi connectivity index (χ3v) is 5.98. The summed E-state index contributed by atoms with van der Waals surface area (Å²) in [4.78, 5) is 14.1. The number of ether oxygens (including phenoxy) is 1. The molecule has 8 nitrogen and oxygen atoms in total. The zero-order valence-electron chi connectivity index (χ0n) is 12.8. The van der Waals surface area contributed by atoms with Crippen molar-refractivity contribution in [3.8, 4) is 0 Å². The smallest absolute Gasteiger partial charge is 0.546 e. The van der Waals surface area contributed by atoms with E-state index < -0.39 is 33.5 Å². The van der Waals surface area contributed by atoms with Crippen molar-refractivity contribution >= 4 is 44.4 Å². The number of H-pyrrole nitrogens is 1. The minimum Gasteiger partial charge on any atom is -0.546 e. The zero-order chi connectivity index (χ0) is 17.9. The molecule has 25 heavy (non-hydrogen) atoms. The number of nitrogens with one attached hydrogen (secondary N) is 1. The Morgan fingerprint density at radius 1 is 1.32 bits per heavy atom. The summed E-state index contributed by atoms with van der Waals surface area (Å²) in [7, 11) is 0. The number of aliphatic carboxylic acids is 1. The number of alkyl halides is 2. The number of hydrogen-bond acceptors (Lipinski definition) is 7. The molecule has 1 aliphatic rings. The summed E-state index contributed by atoms with van der Waals surface area (Å²) in [5.41, 5.74) is -2.54. The van der Waals surface area contributed by atoms with Gasteiger partial charge in [-0.15, -0.1) is 0 Å². The molecule has 1 aromatic heterocycles. The summed E-state index contributed by atoms with van der Waals surface area (Å²) < 4.78 is 1.76. The first-order valence-electron chi connectivity index (χ1n) is 6.72. The van der Waals surface area contributed by atoms with Gasteiger partial charge in [0.05, 0.1) is 11.7 Å². The summed E-state index contributed by atoms with van der Waals surface area (Å²) in [6, 6.07) is 8.09. The maximum Gasteiger partial charge on any atom is 1.00 e. The number of para-hydroxylation sites is 1. The number of hydrogen-bond donors (Lipinski definition) is 5. The Hall–Kier alpha value is -0.200. The molecule has 1 fully saturated rings. The summed E-state index contributed by atoms with van der Waals surface area (Å²) >= 11 is 8.48. The Morgan fingerprint density at radius 3 is 2.48 bits per heavy atom. The van der Waals surface area contributed by atoms with Crippen LogP contribution in [0.4, 0.5) is 0 Å². The summed E-state index contributed by atoms with van der Waals surface area (Å²) in [6.07, 6.45) is -4.35. The molecule has 0 aliphatic carbocycles. The van der Waals surface area contributed by atoms with Crippen molar-refractivity contribution in [3.05, 3.63) is 36.0 Å². The van der Waals surface area contributed by atoms with E-state index in [-0.39, 0.29) is 35.3 Å². The van der Waals surface area contributed by atoms with Crippen LogP contribution in [0.5, 0.6) is 0 Å². The van der Waals surface area contributed by atoms with Crippen LogP contribution < -0.4 is 34.7 Å². The minimum atomic E-state index is -3.14. The molecule has 0 unspecified atom stereocenters. The van der Waals surface area contributed by atoms with E-state index in [0.29, 0.717) is 10.9 Å². The normalized spacial score (nSPS) is 38.3. The zero-order valence-corrected chi connectivity index (χ0v) is 17.2. The van der Waals surface area contributed by atoms with Gasteiger partial charge in [0.2, 0.25) is 9.57 Å². The van der Waals surface area contributed by atoms with Gasteiger partial charge in [0.15, 0.2) is 11.9 Å². The topological polar surface area (TPSA) is 146 Å². The monoisotopic (exact) mass is 443 g/mol. The van der Waals surface area contributed by atoms with E-state index in [9.17, 15) is 30.3 Å². The third-order valence-electron chi connectivity index (χ3n) is 4.12. The Labute approximate surface area is 176 Å². The molecule has 0 spiro atoms. The van der Waals surface area contributed by atoms with Gasteiger partial charge in [-0.1, -0.05) is 29.8 Å². The molecule has 0 radical (unpaired) electrons. The van der Waals surface area contributed by atoms with E-state index in [4.69, 9.17) is 11.6 Å². The van der Waals surface area contributed by atoms with E-state index in [1.807, 2.05) is 0 Å². The molecule has 1 aliphatic heterocycles. The number of aliphatic hydroxyl groups is 4. The molecule has 130 valence electrons. The Morgan fingerprint density at radius 2 is 1.92 bits per heavy atom. The average Bonchev–Trinajstić information content (AvgIpc) is 2.95. The van der Waals surface area contributed by atoms with E-state index in [0.717, 1.165) is 0 Å². The molecule has 3 rings (SSSR count). The van der Waals surface area contributed by atoms with Crippen molar-refractivity contribution in [2.45, 2.75) is 27.6 Å². The minimum absolute atomic E-state index is 0. The van der Waals surface area contributed by atoms with Crippen LogP contribution in [0.1, 0.15) is 5.69 Å². The quantitative estimate of drug-likeness (QED) is 0.233. The fraction of sp³-hybridized carbons (Fsp3) is 0.357. The first kappa shape index (κ1) is 21.1. The third kappa shape index (κ3) is 2.78. The average molecular weight is 445 g/mol. The molecule has 1 saturated heterocycles. The van der Waals surface area contributed by atoms with Gasteiger partial charge in [-0.25, -0.2) is 0 Å². The largest absolute Gasteiger partial charge is 1.00 e. The van der Waals surface area contributed by atoms with Gasteiger partial charge < -0.3 is 40.0 Å². The number of fused-ring (bicyclic) bond motifs is 1. The Bertz CT molecular complexity index is 784. The Balaban J connectivity index is 0.00000225. The standard InChI is InChI=1S/C14H13BrClNO7.Na/c15-13(11(20)21)14(16,23)12(22,9(18)10(19)24-13)8-5-6-3-1-2-4-7(6)17-8;/h1-5,9-10,17-19,22-23H,(H,20,21);/q;+1/p-1/t9-,10+,12+,13+,14-;/m0./s1. The SMILES string of the molecule is O=C([O-])[C@@]1(Br)O[C@@H](O)[C@H](O)[C@](O)(c2cc3ccccc3[nH]2)[C@@]1(O)Cl.[Na+]. The summed E-state index contributed by atoms with van der Waals surface area (Å²) in [5.74, 6) is -2.06. The maximum absolute atomic E-state index is 11.4. The molecular formula is C14H12BrClNNaO7. The van der Waals surface area contributed by atoms with Crippen molar-refractivity contribution in [2.75, 3.05) is 0 Å². The predicted molar refractivity (Wildman–Crippen MR) is 82.8 cm³/mol. The van der Waals surface area contributed by atoms with Crippen molar-refractivity contribution in [3.63, 3.8) is 0 Å². The van der Waals surface area contributed by atoms with Crippen molar-refractivity contribution in [1.82, 2.24) is 4.98 Å². The van der Waals surface area contributed by atoms with Gasteiger partial charge in [-0.2, -0.15) is 0 Å². The summed E-state index contributed by atoms with van der Waals surface area (Å²) in [6.45, 7) is 0. The number of aliphatic hydroxyl groups excluding tert-OH is 2. The molecule has 0 saturated carbocycles. The Kier molecular flexibility index (Phi) is 5.70. The first-order chi connectivity index (χ1) is 11.1. The van der Waals surface area contributed by atoms with Crippen molar-refractivity contribution in [2.24, 2.45) is 0 Å². The van der Waals surface area contributed by atoms with Crippen LogP contribution in [0, 0.1) is 0 Å². The van der Waals surface area contributed by atoms with Crippen LogP contribution in [-0.2, 0) is 15.1 Å². The van der Waals surface area contributed by atoms with Crippen molar-refractivity contribution in [1.29, 1.82) is 0 Å². The van der Waals surface area contributed by atoms with Crippen LogP contribution in [0.2, 0.25) is 0 Å². The number of carboxylic acids is 1. The van der Waals surface area contributed by atoms with E-state index in [1.54, 1.807) is 24.3 Å². The second kappa shape index (κ2) is 6.75. The number of rotatable bonds is 2. The number of carbonyl (C=O) groups is 1. The molecule has 2 aromatic rings. The molecule has 2 heterocycles. The van der Waals surface area contributed by atoms with Gasteiger partial charge in [0, 0.05) is 5.52 Å². The molecule has 1 aromatic carbocycles. The fourth-order valence-corrected chi connectivity index (χ4v) is 3.59. The van der Waals surface area contributed by atoms with Gasteiger partial charge in [0.1, 0.15) is 6.10 Å². The molecule has 0 bridgehead atoms. The second-order valence-electron chi connectivity index (χ2n) is 5.49. The number of aromatic nitrogens is 1. The van der Waals surface area contributed by atoms with Crippen molar-refractivity contribution < 1.29 is 64.6 Å². The van der Waals surface area contributed by atoms with E-state index in [2.05, 4.69) is 25.7 Å². The summed E-state index contributed by atoms with van der Waals surface area (Å²) in [5, 5.41) is 50.4. The number of carboxylic acid groups (broad SMARTS) is 1. The van der Waals surface area contributed by atoms with Crippen LogP contribution >= 0.6 is 27.5 Å². The van der Waals surface area contributed by atoms with Gasteiger partial charge in [-0.3, -0.25) is 0 Å². The maximum atomic E-state index is 11.4. The molecular weight excluding hydrogens is 433 g/mol.